The van der Waals surface area contributed by atoms with E-state index in [0.29, 0.717) is 5.92 Å². The number of aliphatic hydroxyl groups is 1. The monoisotopic (exact) mass is 319 g/mol. The zero-order chi connectivity index (χ0) is 16.9. The highest BCUT2D eigenvalue weighted by atomic mass is 28.4. The Kier molecular flexibility index (Phi) is 8.04. The minimum atomic E-state index is -2.21. The van der Waals surface area contributed by atoms with Crippen LogP contribution in [0.2, 0.25) is 6.55 Å². The van der Waals surface area contributed by atoms with Crippen molar-refractivity contribution in [1.82, 2.24) is 4.90 Å². The highest BCUT2D eigenvalue weighted by molar-refractivity contribution is 6.75. The van der Waals surface area contributed by atoms with Gasteiger partial charge in [0.2, 0.25) is 8.32 Å². The Hall–Kier alpha value is 0.0169. The number of rotatable bonds is 10. The number of hydrogen-bond acceptors (Lipinski definition) is 5. The quantitative estimate of drug-likeness (QED) is 0.419. The van der Waals surface area contributed by atoms with Crippen LogP contribution in [0.4, 0.5) is 0 Å². The predicted molar refractivity (Wildman–Crippen MR) is 92.2 cm³/mol. The van der Waals surface area contributed by atoms with E-state index in [1.54, 1.807) is 0 Å². The molecule has 2 atom stereocenters. The Balaban J connectivity index is 4.61. The van der Waals surface area contributed by atoms with Crippen LogP contribution in [-0.2, 0) is 4.43 Å². The van der Waals surface area contributed by atoms with Gasteiger partial charge in [0, 0.05) is 17.9 Å². The van der Waals surface area contributed by atoms with Crippen molar-refractivity contribution in [2.24, 2.45) is 17.4 Å². The molecule has 0 aromatic rings. The predicted octanol–water partition coefficient (Wildman–Crippen LogP) is 1.43. The van der Waals surface area contributed by atoms with Crippen molar-refractivity contribution in [1.29, 1.82) is 0 Å². The van der Waals surface area contributed by atoms with Gasteiger partial charge in [-0.2, -0.15) is 0 Å². The first-order valence-corrected chi connectivity index (χ1v) is 10.5. The molecule has 0 aromatic heterocycles. The third-order valence-electron chi connectivity index (χ3n) is 3.97. The first-order chi connectivity index (χ1) is 9.31. The van der Waals surface area contributed by atoms with Crippen LogP contribution in [-0.4, -0.2) is 55.6 Å². The number of hydrogen-bond donors (Lipinski definition) is 3. The fourth-order valence-corrected chi connectivity index (χ4v) is 5.43. The van der Waals surface area contributed by atoms with E-state index in [2.05, 4.69) is 25.4 Å². The average Bonchev–Trinajstić information content (AvgIpc) is 2.24. The van der Waals surface area contributed by atoms with E-state index in [1.165, 1.54) is 0 Å². The molecule has 128 valence electrons. The molecule has 0 amide bonds. The van der Waals surface area contributed by atoms with Crippen molar-refractivity contribution < 1.29 is 9.53 Å². The van der Waals surface area contributed by atoms with Gasteiger partial charge < -0.3 is 25.9 Å². The molecule has 0 heterocycles. The summed E-state index contributed by atoms with van der Waals surface area (Å²) in [7, 11) is -0.101. The summed E-state index contributed by atoms with van der Waals surface area (Å²) < 4.78 is 6.22. The number of nitrogens with two attached hydrogens (primary N) is 2. The van der Waals surface area contributed by atoms with Gasteiger partial charge in [-0.25, -0.2) is 0 Å². The lowest BCUT2D eigenvalue weighted by Gasteiger charge is -2.45. The minimum absolute atomic E-state index is 0.260. The molecule has 0 aliphatic carbocycles. The van der Waals surface area contributed by atoms with Crippen LogP contribution in [0.5, 0.6) is 0 Å². The summed E-state index contributed by atoms with van der Waals surface area (Å²) in [6.45, 7) is 13.3. The van der Waals surface area contributed by atoms with Gasteiger partial charge in [-0.1, -0.05) is 6.92 Å². The molecule has 2 unspecified atom stereocenters. The highest BCUT2D eigenvalue weighted by Crippen LogP contribution is 2.24. The zero-order valence-corrected chi connectivity index (χ0v) is 16.1. The molecule has 0 rings (SSSR count). The molecular weight excluding hydrogens is 282 g/mol. The third-order valence-corrected chi connectivity index (χ3v) is 8.82. The van der Waals surface area contributed by atoms with Crippen LogP contribution in [0, 0.1) is 5.92 Å². The normalized spacial score (nSPS) is 17.9. The van der Waals surface area contributed by atoms with E-state index in [4.69, 9.17) is 21.0 Å². The van der Waals surface area contributed by atoms with Crippen LogP contribution < -0.4 is 11.5 Å². The molecule has 0 aliphatic rings. The molecule has 0 saturated carbocycles. The topological polar surface area (TPSA) is 84.7 Å². The maximum atomic E-state index is 9.06. The van der Waals surface area contributed by atoms with E-state index in [-0.39, 0.29) is 11.8 Å². The molecule has 0 radical (unpaired) electrons. The Morgan fingerprint density at radius 1 is 1.24 bits per heavy atom. The van der Waals surface area contributed by atoms with Crippen molar-refractivity contribution in [3.8, 4) is 0 Å². The zero-order valence-electron chi connectivity index (χ0n) is 15.1. The Labute approximate surface area is 132 Å². The summed E-state index contributed by atoms with van der Waals surface area (Å²) >= 11 is 0. The van der Waals surface area contributed by atoms with Gasteiger partial charge in [0.15, 0.2) is 0 Å². The summed E-state index contributed by atoms with van der Waals surface area (Å²) in [5, 5.41) is 8.70. The van der Waals surface area contributed by atoms with Gasteiger partial charge in [0.05, 0.1) is 5.72 Å². The van der Waals surface area contributed by atoms with E-state index in [0.717, 1.165) is 25.6 Å². The van der Waals surface area contributed by atoms with E-state index >= 15 is 0 Å². The molecule has 0 fully saturated rings. The second kappa shape index (κ2) is 8.03. The lowest BCUT2D eigenvalue weighted by atomic mass is 10.1. The molecule has 0 saturated heterocycles. The van der Waals surface area contributed by atoms with Crippen molar-refractivity contribution in [2.75, 3.05) is 26.4 Å². The van der Waals surface area contributed by atoms with Crippen LogP contribution in [0.3, 0.4) is 0 Å². The van der Waals surface area contributed by atoms with Gasteiger partial charge in [-0.05, 0) is 66.6 Å². The SMILES string of the molecule is CC(CO)CCCN(C)C[Si](C)(OC(C)(C)N)C(C)(C)N. The summed E-state index contributed by atoms with van der Waals surface area (Å²) in [6, 6.07) is 0. The van der Waals surface area contributed by atoms with Crippen LogP contribution in [0.25, 0.3) is 0 Å². The smallest absolute Gasteiger partial charge is 0.224 e. The highest BCUT2D eigenvalue weighted by Gasteiger charge is 2.46. The van der Waals surface area contributed by atoms with Crippen LogP contribution >= 0.6 is 0 Å². The average molecular weight is 320 g/mol. The summed E-state index contributed by atoms with van der Waals surface area (Å²) in [5.74, 6) is 0.368. The first-order valence-electron chi connectivity index (χ1n) is 7.88. The Bertz CT molecular complexity index is 302. The van der Waals surface area contributed by atoms with Gasteiger partial charge in [0.25, 0.3) is 0 Å². The Morgan fingerprint density at radius 2 is 1.76 bits per heavy atom. The Morgan fingerprint density at radius 3 is 2.14 bits per heavy atom. The maximum Gasteiger partial charge on any atom is 0.224 e. The first kappa shape index (κ1) is 21.0. The molecule has 6 heteroatoms. The van der Waals surface area contributed by atoms with Gasteiger partial charge in [-0.3, -0.25) is 0 Å². The molecule has 0 spiro atoms. The third kappa shape index (κ3) is 8.28. The molecule has 0 aliphatic heterocycles. The second-order valence-corrected chi connectivity index (χ2v) is 12.1. The molecule has 0 aromatic carbocycles. The van der Waals surface area contributed by atoms with E-state index in [9.17, 15) is 0 Å². The number of aliphatic hydroxyl groups excluding tert-OH is 1. The molecular formula is C15H37N3O2Si. The summed E-state index contributed by atoms with van der Waals surface area (Å²) in [6.07, 6.45) is 2.96. The second-order valence-electron chi connectivity index (χ2n) is 7.83. The largest absolute Gasteiger partial charge is 0.397 e. The molecule has 21 heavy (non-hydrogen) atoms. The summed E-state index contributed by atoms with van der Waals surface area (Å²) in [5.41, 5.74) is 11.8. The van der Waals surface area contributed by atoms with Gasteiger partial charge in [0.1, 0.15) is 0 Å². The van der Waals surface area contributed by atoms with Crippen molar-refractivity contribution in [2.45, 2.75) is 64.9 Å². The molecule has 0 bridgehead atoms. The van der Waals surface area contributed by atoms with E-state index < -0.39 is 14.0 Å². The molecule has 5 nitrogen and oxygen atoms in total. The van der Waals surface area contributed by atoms with Gasteiger partial charge in [-0.15, -0.1) is 0 Å². The summed E-state index contributed by atoms with van der Waals surface area (Å²) in [4.78, 5) is 2.29. The lowest BCUT2D eigenvalue weighted by Crippen LogP contribution is -2.69. The van der Waals surface area contributed by atoms with Crippen molar-refractivity contribution in [3.63, 3.8) is 0 Å². The van der Waals surface area contributed by atoms with Crippen molar-refractivity contribution >= 4 is 8.32 Å². The maximum absolute atomic E-state index is 9.06. The van der Waals surface area contributed by atoms with Crippen molar-refractivity contribution in [3.05, 3.63) is 0 Å². The minimum Gasteiger partial charge on any atom is -0.397 e. The van der Waals surface area contributed by atoms with E-state index in [1.807, 2.05) is 27.7 Å². The lowest BCUT2D eigenvalue weighted by molar-refractivity contribution is 0.0907. The van der Waals surface area contributed by atoms with Crippen LogP contribution in [0.1, 0.15) is 47.5 Å². The standard InChI is InChI=1S/C15H37N3O2Si/c1-13(11-19)9-8-10-18(6)12-21(7,15(4,5)17)20-14(2,3)16/h13,19H,8-12,16-17H2,1-7H3. The number of nitrogens with zero attached hydrogens (tertiary/aromatic N) is 1. The van der Waals surface area contributed by atoms with Gasteiger partial charge >= 0.3 is 0 Å². The van der Waals surface area contributed by atoms with Crippen LogP contribution in [0.15, 0.2) is 0 Å². The molecule has 5 N–H and O–H groups in total. The fourth-order valence-electron chi connectivity index (χ4n) is 2.34. The fraction of sp³-hybridized carbons (Fsp3) is 1.00.